The molecule has 0 spiro atoms. The predicted molar refractivity (Wildman–Crippen MR) is 80.2 cm³/mol. The number of nitro benzene ring substituents is 1. The molecule has 20 heavy (non-hydrogen) atoms. The van der Waals surface area contributed by atoms with E-state index in [1.807, 2.05) is 0 Å². The van der Waals surface area contributed by atoms with Crippen molar-refractivity contribution in [3.05, 3.63) is 39.4 Å². The van der Waals surface area contributed by atoms with Gasteiger partial charge in [-0.15, -0.1) is 0 Å². The van der Waals surface area contributed by atoms with Gasteiger partial charge >= 0.3 is 0 Å². The number of benzene rings is 1. The highest BCUT2D eigenvalue weighted by Crippen LogP contribution is 2.30. The number of carbonyl (C=O) groups excluding carboxylic acids is 1. The minimum Gasteiger partial charge on any atom is -0.334 e. The smallest absolute Gasteiger partial charge is 0.282 e. The fourth-order valence-corrected chi connectivity index (χ4v) is 3.71. The van der Waals surface area contributed by atoms with Gasteiger partial charge in [0.2, 0.25) is 0 Å². The molecular formula is C14H17BrN2O3. The third-order valence-corrected chi connectivity index (χ3v) is 4.63. The number of amides is 1. The largest absolute Gasteiger partial charge is 0.334 e. The van der Waals surface area contributed by atoms with E-state index in [0.29, 0.717) is 23.4 Å². The first-order valence-corrected chi connectivity index (χ1v) is 7.70. The molecular weight excluding hydrogens is 324 g/mol. The number of likely N-dealkylation sites (tertiary alicyclic amines) is 1. The molecule has 0 radical (unpaired) electrons. The third kappa shape index (κ3) is 2.57. The molecule has 1 fully saturated rings. The molecule has 2 rings (SSSR count). The normalized spacial score (nSPS) is 22.1. The Hall–Kier alpha value is -1.43. The first kappa shape index (κ1) is 15.0. The summed E-state index contributed by atoms with van der Waals surface area (Å²) >= 11 is 3.44. The van der Waals surface area contributed by atoms with Gasteiger partial charge in [-0.25, -0.2) is 0 Å². The van der Waals surface area contributed by atoms with Gasteiger partial charge in [0.05, 0.1) is 4.92 Å². The first-order chi connectivity index (χ1) is 9.47. The molecule has 1 amide bonds. The molecule has 108 valence electrons. The Kier molecular flexibility index (Phi) is 4.42. The predicted octanol–water partition coefficient (Wildman–Crippen LogP) is 3.15. The van der Waals surface area contributed by atoms with Crippen molar-refractivity contribution in [1.82, 2.24) is 4.90 Å². The molecule has 0 aliphatic carbocycles. The highest BCUT2D eigenvalue weighted by molar-refractivity contribution is 9.09. The summed E-state index contributed by atoms with van der Waals surface area (Å²) in [7, 11) is 0. The number of carbonyl (C=O) groups is 1. The quantitative estimate of drug-likeness (QED) is 0.482. The van der Waals surface area contributed by atoms with Crippen LogP contribution in [0.5, 0.6) is 0 Å². The van der Waals surface area contributed by atoms with Gasteiger partial charge in [0.1, 0.15) is 5.56 Å². The maximum Gasteiger partial charge on any atom is 0.282 e. The van der Waals surface area contributed by atoms with Crippen LogP contribution in [0.1, 0.15) is 29.3 Å². The zero-order valence-corrected chi connectivity index (χ0v) is 13.1. The lowest BCUT2D eigenvalue weighted by Crippen LogP contribution is -2.39. The molecule has 1 aliphatic heterocycles. The molecule has 2 unspecified atom stereocenters. The van der Waals surface area contributed by atoms with E-state index in [1.165, 1.54) is 6.07 Å². The van der Waals surface area contributed by atoms with Crippen molar-refractivity contribution in [2.45, 2.75) is 26.3 Å². The minimum absolute atomic E-state index is 0.0988. The van der Waals surface area contributed by atoms with E-state index in [2.05, 4.69) is 22.9 Å². The number of rotatable bonds is 3. The number of aryl methyl sites for hydroxylation is 1. The number of hydrogen-bond donors (Lipinski definition) is 0. The van der Waals surface area contributed by atoms with Crippen LogP contribution in [0.2, 0.25) is 0 Å². The topological polar surface area (TPSA) is 63.5 Å². The Morgan fingerprint density at radius 2 is 2.25 bits per heavy atom. The van der Waals surface area contributed by atoms with Crippen LogP contribution in [-0.2, 0) is 0 Å². The average Bonchev–Trinajstić information content (AvgIpc) is 2.78. The van der Waals surface area contributed by atoms with Crippen molar-refractivity contribution in [1.29, 1.82) is 0 Å². The van der Waals surface area contributed by atoms with Crippen LogP contribution in [0.25, 0.3) is 0 Å². The second kappa shape index (κ2) is 5.91. The van der Waals surface area contributed by atoms with Crippen molar-refractivity contribution in [2.75, 3.05) is 11.9 Å². The summed E-state index contributed by atoms with van der Waals surface area (Å²) in [6.45, 7) is 4.50. The first-order valence-electron chi connectivity index (χ1n) is 6.58. The van der Waals surface area contributed by atoms with Crippen molar-refractivity contribution >= 4 is 27.5 Å². The summed E-state index contributed by atoms with van der Waals surface area (Å²) in [5.41, 5.74) is 0.762. The molecule has 1 aromatic carbocycles. The Labute approximate surface area is 126 Å². The van der Waals surface area contributed by atoms with Gasteiger partial charge in [-0.3, -0.25) is 14.9 Å². The SMILES string of the molecule is Cc1cccc([N+](=O)[O-])c1C(=O)N1CCC(C)C1CBr. The van der Waals surface area contributed by atoms with Gasteiger partial charge in [0.15, 0.2) is 0 Å². The van der Waals surface area contributed by atoms with Crippen LogP contribution in [-0.4, -0.2) is 33.6 Å². The molecule has 0 saturated carbocycles. The molecule has 5 nitrogen and oxygen atoms in total. The van der Waals surface area contributed by atoms with Crippen LogP contribution >= 0.6 is 15.9 Å². The number of alkyl halides is 1. The number of nitro groups is 1. The summed E-state index contributed by atoms with van der Waals surface area (Å²) in [5, 5.41) is 11.8. The number of hydrogen-bond acceptors (Lipinski definition) is 3. The zero-order valence-electron chi connectivity index (χ0n) is 11.5. The van der Waals surface area contributed by atoms with E-state index < -0.39 is 4.92 Å². The summed E-state index contributed by atoms with van der Waals surface area (Å²) < 4.78 is 0. The lowest BCUT2D eigenvalue weighted by Gasteiger charge is -2.25. The Balaban J connectivity index is 2.41. The van der Waals surface area contributed by atoms with Crippen molar-refractivity contribution in [3.8, 4) is 0 Å². The van der Waals surface area contributed by atoms with E-state index >= 15 is 0 Å². The Bertz CT molecular complexity index is 547. The van der Waals surface area contributed by atoms with Crippen LogP contribution in [0.3, 0.4) is 0 Å². The van der Waals surface area contributed by atoms with Gasteiger partial charge < -0.3 is 4.90 Å². The highest BCUT2D eigenvalue weighted by Gasteiger charge is 2.36. The van der Waals surface area contributed by atoms with Gasteiger partial charge in [0.25, 0.3) is 11.6 Å². The Morgan fingerprint density at radius 3 is 2.85 bits per heavy atom. The molecule has 1 aliphatic rings. The van der Waals surface area contributed by atoms with Gasteiger partial charge in [-0.05, 0) is 24.8 Å². The maximum atomic E-state index is 12.7. The van der Waals surface area contributed by atoms with Crippen molar-refractivity contribution in [2.24, 2.45) is 5.92 Å². The second-order valence-electron chi connectivity index (χ2n) is 5.21. The molecule has 2 atom stereocenters. The van der Waals surface area contributed by atoms with Crippen molar-refractivity contribution in [3.63, 3.8) is 0 Å². The zero-order chi connectivity index (χ0) is 14.9. The van der Waals surface area contributed by atoms with E-state index in [4.69, 9.17) is 0 Å². The standard InChI is InChI=1S/C14H17BrN2O3/c1-9-6-7-16(12(9)8-15)14(18)13-10(2)4-3-5-11(13)17(19)20/h3-5,9,12H,6-8H2,1-2H3. The van der Waals surface area contributed by atoms with Crippen LogP contribution < -0.4 is 0 Å². The summed E-state index contributed by atoms with van der Waals surface area (Å²) in [6, 6.07) is 4.84. The van der Waals surface area contributed by atoms with Crippen molar-refractivity contribution < 1.29 is 9.72 Å². The molecule has 1 heterocycles. The van der Waals surface area contributed by atoms with E-state index in [0.717, 1.165) is 6.42 Å². The van der Waals surface area contributed by atoms with Gasteiger partial charge in [-0.1, -0.05) is 35.0 Å². The summed E-state index contributed by atoms with van der Waals surface area (Å²) in [4.78, 5) is 25.1. The van der Waals surface area contributed by atoms with Gasteiger partial charge in [-0.2, -0.15) is 0 Å². The molecule has 0 bridgehead atoms. The van der Waals surface area contributed by atoms with Crippen LogP contribution in [0.4, 0.5) is 5.69 Å². The van der Waals surface area contributed by atoms with E-state index in [9.17, 15) is 14.9 Å². The van der Waals surface area contributed by atoms with Crippen LogP contribution in [0, 0.1) is 23.0 Å². The van der Waals surface area contributed by atoms with Crippen LogP contribution in [0.15, 0.2) is 18.2 Å². The van der Waals surface area contributed by atoms with Gasteiger partial charge in [0, 0.05) is 24.0 Å². The second-order valence-corrected chi connectivity index (χ2v) is 5.86. The summed E-state index contributed by atoms with van der Waals surface area (Å²) in [5.74, 6) is 0.171. The monoisotopic (exact) mass is 340 g/mol. The lowest BCUT2D eigenvalue weighted by atomic mass is 10.0. The van der Waals surface area contributed by atoms with E-state index in [-0.39, 0.29) is 23.2 Å². The molecule has 0 N–H and O–H groups in total. The lowest BCUT2D eigenvalue weighted by molar-refractivity contribution is -0.385. The minimum atomic E-state index is -0.483. The maximum absolute atomic E-state index is 12.7. The fourth-order valence-electron chi connectivity index (χ4n) is 2.72. The molecule has 6 heteroatoms. The third-order valence-electron chi connectivity index (χ3n) is 3.96. The highest BCUT2D eigenvalue weighted by atomic mass is 79.9. The molecule has 0 aromatic heterocycles. The summed E-state index contributed by atoms with van der Waals surface area (Å²) in [6.07, 6.45) is 0.932. The molecule has 1 aromatic rings. The Morgan fingerprint density at radius 1 is 1.55 bits per heavy atom. The number of halogens is 1. The fraction of sp³-hybridized carbons (Fsp3) is 0.500. The number of nitrogens with zero attached hydrogens (tertiary/aromatic N) is 2. The van der Waals surface area contributed by atoms with E-state index in [1.54, 1.807) is 24.0 Å². The average molecular weight is 341 g/mol. The molecule has 1 saturated heterocycles.